The normalized spacial score (nSPS) is 11.9. The van der Waals surface area contributed by atoms with Gasteiger partial charge in [0.15, 0.2) is 0 Å². The van der Waals surface area contributed by atoms with E-state index in [2.05, 4.69) is 20.5 Å². The lowest BCUT2D eigenvalue weighted by Crippen LogP contribution is -2.34. The van der Waals surface area contributed by atoms with Crippen LogP contribution in [0.5, 0.6) is 0 Å². The van der Waals surface area contributed by atoms with E-state index >= 15 is 0 Å². The summed E-state index contributed by atoms with van der Waals surface area (Å²) in [5.74, 6) is 0.703. The Morgan fingerprint density at radius 3 is 2.60 bits per heavy atom. The summed E-state index contributed by atoms with van der Waals surface area (Å²) in [5.41, 5.74) is 3.47. The maximum Gasteiger partial charge on any atom is 0.407 e. The molecule has 0 unspecified atom stereocenters. The number of amides is 1. The molecule has 0 saturated heterocycles. The second-order valence-electron chi connectivity index (χ2n) is 9.76. The number of aryl methyl sites for hydroxylation is 1. The maximum atomic E-state index is 12.5. The Balaban J connectivity index is 0.00000274. The summed E-state index contributed by atoms with van der Waals surface area (Å²) in [6.07, 6.45) is 5.45. The molecule has 0 spiro atoms. The first-order valence-electron chi connectivity index (χ1n) is 13.5. The molecule has 0 fully saturated rings. The van der Waals surface area contributed by atoms with Crippen LogP contribution < -0.4 is 10.9 Å². The van der Waals surface area contributed by atoms with E-state index in [9.17, 15) is 9.59 Å². The lowest BCUT2D eigenvalue weighted by Gasteiger charge is -2.19. The Morgan fingerprint density at radius 1 is 1.20 bits per heavy atom. The Morgan fingerprint density at radius 2 is 1.95 bits per heavy atom. The number of benzene rings is 1. The predicted octanol–water partition coefficient (Wildman–Crippen LogP) is 5.57. The molecule has 0 saturated carbocycles. The van der Waals surface area contributed by atoms with Crippen molar-refractivity contribution in [2.24, 2.45) is 12.0 Å². The molecule has 1 amide bonds. The maximum absolute atomic E-state index is 12.5. The highest BCUT2D eigenvalue weighted by molar-refractivity contribution is 5.99. The van der Waals surface area contributed by atoms with Gasteiger partial charge in [0, 0.05) is 38.4 Å². The quantitative estimate of drug-likeness (QED) is 0.200. The molecule has 10 nitrogen and oxygen atoms in total. The number of carbonyl (C=O) groups excluding carboxylic acids is 1. The third-order valence-corrected chi connectivity index (χ3v) is 5.35. The Hall–Kier alpha value is -4.21. The summed E-state index contributed by atoms with van der Waals surface area (Å²) in [6.45, 7) is 14.3. The zero-order valence-corrected chi connectivity index (χ0v) is 24.9. The van der Waals surface area contributed by atoms with Gasteiger partial charge in [-0.2, -0.15) is 10.2 Å². The van der Waals surface area contributed by atoms with E-state index in [0.29, 0.717) is 37.6 Å². The van der Waals surface area contributed by atoms with Crippen LogP contribution in [0.15, 0.2) is 70.5 Å². The number of nitrogens with one attached hydrogen (secondary N) is 1. The van der Waals surface area contributed by atoms with Crippen molar-refractivity contribution in [3.63, 3.8) is 0 Å². The number of aliphatic imine (C=N–C) groups is 1. The summed E-state index contributed by atoms with van der Waals surface area (Å²) < 4.78 is 14.1. The SMILES string of the molecule is CC.CC/C(=C\N=C(C)c1cccc(Cn2nc(-c3cnn(C)c3)ccc2=O)c1)OCCNC(=O)OC(C)(C)C.[HH]. The number of ether oxygens (including phenoxy) is 2. The molecular formula is C30H44N6O4. The van der Waals surface area contributed by atoms with E-state index in [1.54, 1.807) is 23.1 Å². The van der Waals surface area contributed by atoms with Crippen LogP contribution in [0.4, 0.5) is 4.79 Å². The van der Waals surface area contributed by atoms with Gasteiger partial charge in [-0.1, -0.05) is 39.0 Å². The average molecular weight is 553 g/mol. The van der Waals surface area contributed by atoms with Crippen LogP contribution in [-0.4, -0.2) is 50.1 Å². The molecule has 218 valence electrons. The van der Waals surface area contributed by atoms with Crippen molar-refractivity contribution in [3.8, 4) is 11.3 Å². The minimum Gasteiger partial charge on any atom is -0.495 e. The van der Waals surface area contributed by atoms with Crippen LogP contribution >= 0.6 is 0 Å². The summed E-state index contributed by atoms with van der Waals surface area (Å²) >= 11 is 0. The van der Waals surface area contributed by atoms with Crippen molar-refractivity contribution in [1.82, 2.24) is 24.9 Å². The van der Waals surface area contributed by atoms with Gasteiger partial charge in [0.2, 0.25) is 0 Å². The summed E-state index contributed by atoms with van der Waals surface area (Å²) in [4.78, 5) is 28.8. The fourth-order valence-corrected chi connectivity index (χ4v) is 3.46. The van der Waals surface area contributed by atoms with Crippen molar-refractivity contribution in [3.05, 3.63) is 82.2 Å². The van der Waals surface area contributed by atoms with Gasteiger partial charge in [0.25, 0.3) is 5.56 Å². The van der Waals surface area contributed by atoms with Gasteiger partial charge in [0.1, 0.15) is 18.0 Å². The molecule has 1 aromatic carbocycles. The standard InChI is InChI=1S/C28H36N6O4.C2H6.H2/c1-7-24(37-14-13-29-27(36)38-28(3,4)5)17-30-20(2)22-10-8-9-21(15-22)18-34-26(35)12-11-25(32-34)23-16-31-33(6)19-23;1-2;/h8-12,15-17,19H,7,13-14,18H2,1-6H3,(H,29,36);1-2H3;1H/b24-17+,30-20?;;. The fraction of sp³-hybridized carbons (Fsp3) is 0.433. The smallest absolute Gasteiger partial charge is 0.407 e. The van der Waals surface area contributed by atoms with E-state index in [-0.39, 0.29) is 6.99 Å². The van der Waals surface area contributed by atoms with Gasteiger partial charge in [-0.25, -0.2) is 9.48 Å². The Bertz CT molecular complexity index is 1370. The summed E-state index contributed by atoms with van der Waals surface area (Å²) in [5, 5.41) is 11.4. The van der Waals surface area contributed by atoms with Crippen LogP contribution in [0.25, 0.3) is 11.3 Å². The van der Waals surface area contributed by atoms with Gasteiger partial charge in [-0.3, -0.25) is 14.5 Å². The molecule has 0 bridgehead atoms. The monoisotopic (exact) mass is 552 g/mol. The Kier molecular flexibility index (Phi) is 12.3. The first-order chi connectivity index (χ1) is 19.0. The van der Waals surface area contributed by atoms with Crippen LogP contribution in [0.1, 0.15) is 67.4 Å². The minimum atomic E-state index is -0.542. The van der Waals surface area contributed by atoms with Crippen molar-refractivity contribution in [1.29, 1.82) is 0 Å². The number of allylic oxidation sites excluding steroid dienone is 1. The van der Waals surface area contributed by atoms with Crippen LogP contribution in [0.2, 0.25) is 0 Å². The van der Waals surface area contributed by atoms with Crippen molar-refractivity contribution in [2.75, 3.05) is 13.2 Å². The molecule has 3 rings (SSSR count). The number of aromatic nitrogens is 4. The Labute approximate surface area is 238 Å². The largest absolute Gasteiger partial charge is 0.495 e. The van der Waals surface area contributed by atoms with Gasteiger partial charge in [-0.15, -0.1) is 0 Å². The van der Waals surface area contributed by atoms with Crippen LogP contribution in [0, 0.1) is 0 Å². The number of nitrogens with zero attached hydrogens (tertiary/aromatic N) is 5. The van der Waals surface area contributed by atoms with Crippen molar-refractivity contribution in [2.45, 2.75) is 67.0 Å². The fourth-order valence-electron chi connectivity index (χ4n) is 3.46. The van der Waals surface area contributed by atoms with E-state index in [1.165, 1.54) is 10.7 Å². The predicted molar refractivity (Wildman–Crippen MR) is 160 cm³/mol. The number of hydrogen-bond acceptors (Lipinski definition) is 7. The van der Waals surface area contributed by atoms with E-state index < -0.39 is 11.7 Å². The van der Waals surface area contributed by atoms with Crippen LogP contribution in [-0.2, 0) is 23.1 Å². The lowest BCUT2D eigenvalue weighted by molar-refractivity contribution is 0.0512. The van der Waals surface area contributed by atoms with Gasteiger partial charge in [0.05, 0.1) is 31.2 Å². The molecular weight excluding hydrogens is 508 g/mol. The van der Waals surface area contributed by atoms with Crippen LogP contribution in [0.3, 0.4) is 0 Å². The second-order valence-corrected chi connectivity index (χ2v) is 9.76. The average Bonchev–Trinajstić information content (AvgIpc) is 3.36. The number of hydrogen-bond donors (Lipinski definition) is 1. The summed E-state index contributed by atoms with van der Waals surface area (Å²) in [6, 6.07) is 11.1. The van der Waals surface area contributed by atoms with E-state index in [0.717, 1.165) is 22.4 Å². The summed E-state index contributed by atoms with van der Waals surface area (Å²) in [7, 11) is 1.84. The first kappa shape index (κ1) is 32.0. The molecule has 0 aliphatic rings. The zero-order valence-electron chi connectivity index (χ0n) is 24.9. The highest BCUT2D eigenvalue weighted by Gasteiger charge is 2.15. The van der Waals surface area contributed by atoms with E-state index in [4.69, 9.17) is 9.47 Å². The molecule has 2 heterocycles. The third-order valence-electron chi connectivity index (χ3n) is 5.35. The molecule has 0 radical (unpaired) electrons. The molecule has 3 aromatic rings. The molecule has 0 aliphatic carbocycles. The van der Waals surface area contributed by atoms with E-state index in [1.807, 2.05) is 86.0 Å². The number of alkyl carbamates (subject to hydrolysis) is 1. The molecule has 1 N–H and O–H groups in total. The molecule has 10 heteroatoms. The van der Waals surface area contributed by atoms with Crippen molar-refractivity contribution >= 4 is 11.8 Å². The number of rotatable bonds is 10. The zero-order chi connectivity index (χ0) is 29.7. The molecule has 40 heavy (non-hydrogen) atoms. The van der Waals surface area contributed by atoms with Crippen molar-refractivity contribution < 1.29 is 15.7 Å². The first-order valence-corrected chi connectivity index (χ1v) is 13.5. The highest BCUT2D eigenvalue weighted by atomic mass is 16.6. The molecule has 0 atom stereocenters. The highest BCUT2D eigenvalue weighted by Crippen LogP contribution is 2.14. The number of carbonyl (C=O) groups is 1. The molecule has 2 aromatic heterocycles. The third kappa shape index (κ3) is 10.5. The second kappa shape index (κ2) is 15.4. The minimum absolute atomic E-state index is 0. The lowest BCUT2D eigenvalue weighted by atomic mass is 10.1. The van der Waals surface area contributed by atoms with Gasteiger partial charge in [-0.05, 0) is 51.0 Å². The van der Waals surface area contributed by atoms with Gasteiger partial charge >= 0.3 is 6.09 Å². The molecule has 0 aliphatic heterocycles. The topological polar surface area (TPSA) is 113 Å². The van der Waals surface area contributed by atoms with Gasteiger partial charge < -0.3 is 14.8 Å².